The van der Waals surface area contributed by atoms with Gasteiger partial charge in [-0.15, -0.1) is 10.2 Å². The molecule has 0 spiro atoms. The number of anilines is 1. The number of benzene rings is 2. The van der Waals surface area contributed by atoms with Gasteiger partial charge in [-0.2, -0.15) is 4.80 Å². The lowest BCUT2D eigenvalue weighted by Gasteiger charge is -2.07. The van der Waals surface area contributed by atoms with Gasteiger partial charge in [0, 0.05) is 5.56 Å². The zero-order chi connectivity index (χ0) is 20.1. The highest BCUT2D eigenvalue weighted by atomic mass is 16.6. The third-order valence-electron chi connectivity index (χ3n) is 4.03. The Hall–Kier alpha value is -3.82. The number of aryl methyl sites for hydroxylation is 1. The number of ether oxygens (including phenoxy) is 1. The van der Waals surface area contributed by atoms with Gasteiger partial charge in [-0.1, -0.05) is 31.2 Å². The molecule has 2 aromatic carbocycles. The van der Waals surface area contributed by atoms with Crippen LogP contribution in [0.25, 0.3) is 11.4 Å². The van der Waals surface area contributed by atoms with Crippen molar-refractivity contribution >= 4 is 17.3 Å². The Labute approximate surface area is 160 Å². The fourth-order valence-corrected chi connectivity index (χ4v) is 2.53. The number of nitro benzene ring substituents is 1. The molecule has 0 aliphatic carbocycles. The molecule has 0 aliphatic rings. The highest BCUT2D eigenvalue weighted by Crippen LogP contribution is 2.28. The van der Waals surface area contributed by atoms with Crippen molar-refractivity contribution in [2.45, 2.75) is 19.9 Å². The largest absolute Gasteiger partial charge is 0.496 e. The van der Waals surface area contributed by atoms with Gasteiger partial charge >= 0.3 is 0 Å². The second-order valence-electron chi connectivity index (χ2n) is 5.88. The molecule has 1 aromatic heterocycles. The van der Waals surface area contributed by atoms with Crippen molar-refractivity contribution in [2.75, 3.05) is 12.4 Å². The van der Waals surface area contributed by atoms with Crippen LogP contribution >= 0.6 is 0 Å². The van der Waals surface area contributed by atoms with Crippen molar-refractivity contribution in [3.63, 3.8) is 0 Å². The first-order valence-corrected chi connectivity index (χ1v) is 8.49. The van der Waals surface area contributed by atoms with Crippen LogP contribution in [0.1, 0.15) is 12.5 Å². The van der Waals surface area contributed by atoms with E-state index in [9.17, 15) is 14.9 Å². The normalized spacial score (nSPS) is 10.5. The molecule has 0 saturated heterocycles. The summed E-state index contributed by atoms with van der Waals surface area (Å²) in [6, 6.07) is 11.9. The van der Waals surface area contributed by atoms with E-state index < -0.39 is 10.8 Å². The average Bonchev–Trinajstić information content (AvgIpc) is 3.16. The van der Waals surface area contributed by atoms with E-state index in [1.807, 2.05) is 24.3 Å². The molecule has 0 radical (unpaired) electrons. The summed E-state index contributed by atoms with van der Waals surface area (Å²) in [6.07, 6.45) is 0.929. The fraction of sp³-hybridized carbons (Fsp3) is 0.222. The molecule has 1 amide bonds. The first-order chi connectivity index (χ1) is 13.5. The van der Waals surface area contributed by atoms with Crippen molar-refractivity contribution in [1.29, 1.82) is 0 Å². The lowest BCUT2D eigenvalue weighted by atomic mass is 10.1. The number of methoxy groups -OCH3 is 1. The molecule has 144 valence electrons. The third-order valence-corrected chi connectivity index (χ3v) is 4.03. The van der Waals surface area contributed by atoms with Gasteiger partial charge in [-0.05, 0) is 29.3 Å². The van der Waals surface area contributed by atoms with Crippen LogP contribution < -0.4 is 10.1 Å². The minimum absolute atomic E-state index is 0.0614. The van der Waals surface area contributed by atoms with Crippen LogP contribution in [0.4, 0.5) is 11.4 Å². The molecule has 1 N–H and O–H groups in total. The van der Waals surface area contributed by atoms with Gasteiger partial charge in [-0.3, -0.25) is 14.9 Å². The van der Waals surface area contributed by atoms with Gasteiger partial charge in [0.2, 0.25) is 11.7 Å². The van der Waals surface area contributed by atoms with Gasteiger partial charge in [0.05, 0.1) is 18.1 Å². The first kappa shape index (κ1) is 19.0. The zero-order valence-electron chi connectivity index (χ0n) is 15.3. The van der Waals surface area contributed by atoms with Crippen molar-refractivity contribution in [2.24, 2.45) is 0 Å². The number of hydrogen-bond donors (Lipinski definition) is 1. The second-order valence-corrected chi connectivity index (χ2v) is 5.88. The van der Waals surface area contributed by atoms with Gasteiger partial charge in [0.15, 0.2) is 0 Å². The Morgan fingerprint density at radius 3 is 2.64 bits per heavy atom. The molecule has 0 bridgehead atoms. The van der Waals surface area contributed by atoms with Crippen LogP contribution in [-0.4, -0.2) is 38.1 Å². The molecule has 10 nitrogen and oxygen atoms in total. The standard InChI is InChI=1S/C18H18N6O4/c1-3-12-4-6-13(7-5-12)18-20-22-23(21-18)11-17(25)19-15-9-8-14(28-2)10-16(15)24(26)27/h4-10H,3,11H2,1-2H3,(H,19,25). The summed E-state index contributed by atoms with van der Waals surface area (Å²) in [5.41, 5.74) is 1.77. The Morgan fingerprint density at radius 2 is 2.00 bits per heavy atom. The number of rotatable bonds is 7. The first-order valence-electron chi connectivity index (χ1n) is 8.49. The number of carbonyl (C=O) groups excluding carboxylic acids is 1. The highest BCUT2D eigenvalue weighted by Gasteiger charge is 2.18. The van der Waals surface area contributed by atoms with E-state index >= 15 is 0 Å². The molecule has 3 rings (SSSR count). The third kappa shape index (κ3) is 4.29. The van der Waals surface area contributed by atoms with Crippen molar-refractivity contribution in [3.8, 4) is 17.1 Å². The van der Waals surface area contributed by atoms with Crippen LogP contribution in [0.15, 0.2) is 42.5 Å². The van der Waals surface area contributed by atoms with E-state index in [4.69, 9.17) is 4.74 Å². The van der Waals surface area contributed by atoms with E-state index in [-0.39, 0.29) is 17.9 Å². The smallest absolute Gasteiger partial charge is 0.296 e. The molecule has 0 saturated carbocycles. The Balaban J connectivity index is 1.70. The van der Waals surface area contributed by atoms with Crippen molar-refractivity contribution in [3.05, 3.63) is 58.1 Å². The lowest BCUT2D eigenvalue weighted by Crippen LogP contribution is -2.21. The van der Waals surface area contributed by atoms with Crippen molar-refractivity contribution < 1.29 is 14.5 Å². The number of amides is 1. The predicted octanol–water partition coefficient (Wildman–Crippen LogP) is 2.46. The molecular formula is C18H18N6O4. The summed E-state index contributed by atoms with van der Waals surface area (Å²) < 4.78 is 4.97. The summed E-state index contributed by atoms with van der Waals surface area (Å²) in [5.74, 6) is 0.200. The van der Waals surface area contributed by atoms with Crippen LogP contribution in [0.2, 0.25) is 0 Å². The van der Waals surface area contributed by atoms with Gasteiger partial charge in [-0.25, -0.2) is 0 Å². The Bertz CT molecular complexity index is 1000. The Morgan fingerprint density at radius 1 is 1.25 bits per heavy atom. The van der Waals surface area contributed by atoms with E-state index in [0.29, 0.717) is 11.6 Å². The topological polar surface area (TPSA) is 125 Å². The molecule has 0 atom stereocenters. The summed E-state index contributed by atoms with van der Waals surface area (Å²) in [7, 11) is 1.40. The monoisotopic (exact) mass is 382 g/mol. The molecule has 0 fully saturated rings. The molecule has 1 heterocycles. The molecule has 28 heavy (non-hydrogen) atoms. The lowest BCUT2D eigenvalue weighted by molar-refractivity contribution is -0.384. The van der Waals surface area contributed by atoms with Gasteiger partial charge in [0.1, 0.15) is 18.0 Å². The Kier molecular flexibility index (Phi) is 5.58. The van der Waals surface area contributed by atoms with Crippen LogP contribution in [-0.2, 0) is 17.8 Å². The number of nitrogens with zero attached hydrogens (tertiary/aromatic N) is 5. The van der Waals surface area contributed by atoms with Gasteiger partial charge in [0.25, 0.3) is 5.69 Å². The van der Waals surface area contributed by atoms with Gasteiger partial charge < -0.3 is 10.1 Å². The maximum Gasteiger partial charge on any atom is 0.296 e. The number of aromatic nitrogens is 4. The number of carbonyl (C=O) groups is 1. The minimum atomic E-state index is -0.593. The maximum absolute atomic E-state index is 12.2. The maximum atomic E-state index is 12.2. The molecule has 10 heteroatoms. The fourth-order valence-electron chi connectivity index (χ4n) is 2.53. The van der Waals surface area contributed by atoms with Crippen LogP contribution in [0.5, 0.6) is 5.75 Å². The molecule has 3 aromatic rings. The number of hydrogen-bond acceptors (Lipinski definition) is 7. The summed E-state index contributed by atoms with van der Waals surface area (Å²) in [4.78, 5) is 24.0. The SMILES string of the molecule is CCc1ccc(-c2nnn(CC(=O)Nc3ccc(OC)cc3[N+](=O)[O-])n2)cc1. The number of tetrazole rings is 1. The van der Waals surface area contributed by atoms with E-state index in [1.165, 1.54) is 30.9 Å². The van der Waals surface area contributed by atoms with Crippen molar-refractivity contribution in [1.82, 2.24) is 20.2 Å². The zero-order valence-corrected chi connectivity index (χ0v) is 15.3. The molecule has 0 aliphatic heterocycles. The summed E-state index contributed by atoms with van der Waals surface area (Å²) in [5, 5.41) is 25.7. The van der Waals surface area contributed by atoms with E-state index in [1.54, 1.807) is 0 Å². The second kappa shape index (κ2) is 8.25. The molecule has 0 unspecified atom stereocenters. The number of nitro groups is 1. The van der Waals surface area contributed by atoms with Crippen LogP contribution in [0, 0.1) is 10.1 Å². The predicted molar refractivity (Wildman–Crippen MR) is 101 cm³/mol. The summed E-state index contributed by atoms with van der Waals surface area (Å²) >= 11 is 0. The highest BCUT2D eigenvalue weighted by molar-refractivity contribution is 5.93. The molecular weight excluding hydrogens is 364 g/mol. The minimum Gasteiger partial charge on any atom is -0.496 e. The van der Waals surface area contributed by atoms with E-state index in [2.05, 4.69) is 27.7 Å². The quantitative estimate of drug-likeness (QED) is 0.491. The average molecular weight is 382 g/mol. The van der Waals surface area contributed by atoms with Crippen LogP contribution in [0.3, 0.4) is 0 Å². The number of nitrogens with one attached hydrogen (secondary N) is 1. The summed E-state index contributed by atoms with van der Waals surface area (Å²) in [6.45, 7) is 1.83. The van der Waals surface area contributed by atoms with E-state index in [0.717, 1.165) is 16.8 Å².